The summed E-state index contributed by atoms with van der Waals surface area (Å²) in [7, 11) is 0. The van der Waals surface area contributed by atoms with Crippen molar-refractivity contribution in [3.63, 3.8) is 0 Å². The van der Waals surface area contributed by atoms with E-state index < -0.39 is 18.5 Å². The average Bonchev–Trinajstić information content (AvgIpc) is 2.90. The van der Waals surface area contributed by atoms with Gasteiger partial charge in [0, 0.05) is 6.54 Å². The number of benzene rings is 1. The molecule has 0 aromatic heterocycles. The van der Waals surface area contributed by atoms with E-state index in [0.29, 0.717) is 0 Å². The first-order chi connectivity index (χ1) is 10.5. The van der Waals surface area contributed by atoms with Gasteiger partial charge in [-0.3, -0.25) is 0 Å². The van der Waals surface area contributed by atoms with Crippen LogP contribution in [0.2, 0.25) is 0 Å². The zero-order valence-electron chi connectivity index (χ0n) is 11.5. The molecule has 1 unspecified atom stereocenters. The van der Waals surface area contributed by atoms with Crippen molar-refractivity contribution in [2.75, 3.05) is 13.1 Å². The summed E-state index contributed by atoms with van der Waals surface area (Å²) in [5, 5.41) is 10.3. The molecule has 1 aromatic rings. The molecule has 1 aliphatic heterocycles. The molecule has 130 valence electrons. The third kappa shape index (κ3) is 7.22. The van der Waals surface area contributed by atoms with E-state index in [9.17, 15) is 26.3 Å². The van der Waals surface area contributed by atoms with Crippen LogP contribution < -0.4 is 10.1 Å². The van der Waals surface area contributed by atoms with Gasteiger partial charge in [-0.1, -0.05) is 12.1 Å². The summed E-state index contributed by atoms with van der Waals surface area (Å²) < 4.78 is 71.7. The molecule has 10 heteroatoms. The van der Waals surface area contributed by atoms with Crippen molar-refractivity contribution >= 4 is 5.97 Å². The van der Waals surface area contributed by atoms with Crippen molar-refractivity contribution < 1.29 is 41.0 Å². The minimum Gasteiger partial charge on any atom is -0.475 e. The number of nitrogens with one attached hydrogen (secondary N) is 1. The van der Waals surface area contributed by atoms with E-state index in [1.165, 1.54) is 12.1 Å². The van der Waals surface area contributed by atoms with Gasteiger partial charge in [0.25, 0.3) is 0 Å². The zero-order chi connectivity index (χ0) is 17.7. The lowest BCUT2D eigenvalue weighted by atomic mass is 9.98. The second-order valence-corrected chi connectivity index (χ2v) is 4.61. The first-order valence-corrected chi connectivity index (χ1v) is 6.35. The molecule has 1 aromatic carbocycles. The van der Waals surface area contributed by atoms with Gasteiger partial charge in [-0.05, 0) is 36.6 Å². The number of aliphatic carboxylic acids is 1. The highest BCUT2D eigenvalue weighted by atomic mass is 19.4. The van der Waals surface area contributed by atoms with Crippen LogP contribution in [0.15, 0.2) is 24.3 Å². The Balaban J connectivity index is 0.000000322. The summed E-state index contributed by atoms with van der Waals surface area (Å²) in [6, 6.07) is 6.21. The molecule has 23 heavy (non-hydrogen) atoms. The van der Waals surface area contributed by atoms with E-state index in [1.807, 2.05) is 6.07 Å². The number of hydrogen-bond acceptors (Lipinski definition) is 3. The normalized spacial score (nSPS) is 18.1. The number of hydrogen-bond donors (Lipinski definition) is 2. The molecule has 1 saturated heterocycles. The number of ether oxygens (including phenoxy) is 1. The Hall–Kier alpha value is -1.97. The highest BCUT2D eigenvalue weighted by Gasteiger charge is 2.38. The molecule has 0 spiro atoms. The van der Waals surface area contributed by atoms with Gasteiger partial charge in [-0.2, -0.15) is 13.2 Å². The topological polar surface area (TPSA) is 58.6 Å². The van der Waals surface area contributed by atoms with E-state index in [-0.39, 0.29) is 11.7 Å². The van der Waals surface area contributed by atoms with Crippen LogP contribution in [0.3, 0.4) is 0 Å². The summed E-state index contributed by atoms with van der Waals surface area (Å²) in [5.74, 6) is -2.61. The zero-order valence-corrected chi connectivity index (χ0v) is 11.5. The predicted molar refractivity (Wildman–Crippen MR) is 67.0 cm³/mol. The summed E-state index contributed by atoms with van der Waals surface area (Å²) >= 11 is 0. The predicted octanol–water partition coefficient (Wildman–Crippen LogP) is 3.30. The fourth-order valence-electron chi connectivity index (χ4n) is 1.90. The van der Waals surface area contributed by atoms with E-state index in [0.717, 1.165) is 25.1 Å². The average molecular weight is 345 g/mol. The smallest absolute Gasteiger partial charge is 0.475 e. The van der Waals surface area contributed by atoms with Crippen molar-refractivity contribution in [1.82, 2.24) is 5.32 Å². The molecule has 2 rings (SSSR count). The Bertz CT molecular complexity index is 523. The molecule has 2 N–H and O–H groups in total. The summed E-state index contributed by atoms with van der Waals surface area (Å²) in [6.07, 6.45) is -8.75. The molecule has 4 nitrogen and oxygen atoms in total. The molecule has 1 fully saturated rings. The highest BCUT2D eigenvalue weighted by Crippen LogP contribution is 2.28. The summed E-state index contributed by atoms with van der Waals surface area (Å²) in [4.78, 5) is 8.90. The lowest BCUT2D eigenvalue weighted by Crippen LogP contribution is -2.21. The number of rotatable bonds is 2. The van der Waals surface area contributed by atoms with Crippen molar-refractivity contribution in [3.05, 3.63) is 29.8 Å². The monoisotopic (exact) mass is 345 g/mol. The fourth-order valence-corrected chi connectivity index (χ4v) is 1.90. The lowest BCUT2D eigenvalue weighted by Gasteiger charge is -2.12. The second-order valence-electron chi connectivity index (χ2n) is 4.61. The van der Waals surface area contributed by atoms with E-state index >= 15 is 0 Å². The minimum atomic E-state index is -5.08. The standard InChI is InChI=1S/C11H12F3NO.C2HF3O2/c12-11(13,14)16-10-3-1-2-8(6-10)9-4-5-15-7-9;3-2(4,5)1(6)7/h1-3,6,9,15H,4-5,7H2;(H,6,7). The summed E-state index contributed by atoms with van der Waals surface area (Å²) in [6.45, 7) is 1.73. The first-order valence-electron chi connectivity index (χ1n) is 6.35. The van der Waals surface area contributed by atoms with Crippen LogP contribution in [-0.4, -0.2) is 36.7 Å². The quantitative estimate of drug-likeness (QED) is 0.808. The Morgan fingerprint density at radius 1 is 1.22 bits per heavy atom. The van der Waals surface area contributed by atoms with Crippen LogP contribution >= 0.6 is 0 Å². The van der Waals surface area contributed by atoms with Crippen LogP contribution in [0, 0.1) is 0 Å². The first kappa shape index (κ1) is 19.1. The Labute approximate surface area is 127 Å². The van der Waals surface area contributed by atoms with E-state index in [4.69, 9.17) is 9.90 Å². The largest absolute Gasteiger partial charge is 0.573 e. The maximum atomic E-state index is 12.0. The van der Waals surface area contributed by atoms with Crippen molar-refractivity contribution in [3.8, 4) is 5.75 Å². The van der Waals surface area contributed by atoms with Gasteiger partial charge in [0.05, 0.1) is 0 Å². The molecule has 0 amide bonds. The molecule has 0 radical (unpaired) electrons. The molecular weight excluding hydrogens is 332 g/mol. The van der Waals surface area contributed by atoms with Crippen LogP contribution in [0.4, 0.5) is 26.3 Å². The van der Waals surface area contributed by atoms with Gasteiger partial charge in [0.15, 0.2) is 0 Å². The van der Waals surface area contributed by atoms with Crippen molar-refractivity contribution in [2.45, 2.75) is 24.9 Å². The Morgan fingerprint density at radius 2 is 1.83 bits per heavy atom. The molecule has 1 atom stereocenters. The third-order valence-electron chi connectivity index (χ3n) is 2.87. The molecule has 1 heterocycles. The number of carboxylic acids is 1. The molecule has 0 aliphatic carbocycles. The number of carbonyl (C=O) groups is 1. The van der Waals surface area contributed by atoms with Crippen LogP contribution in [0.1, 0.15) is 17.9 Å². The number of alkyl halides is 6. The van der Waals surface area contributed by atoms with Gasteiger partial charge in [-0.25, -0.2) is 4.79 Å². The van der Waals surface area contributed by atoms with E-state index in [2.05, 4.69) is 10.1 Å². The van der Waals surface area contributed by atoms with Gasteiger partial charge in [0.1, 0.15) is 5.75 Å². The number of halogens is 6. The molecule has 0 saturated carbocycles. The Morgan fingerprint density at radius 3 is 2.26 bits per heavy atom. The SMILES string of the molecule is FC(F)(F)Oc1cccc(C2CCNC2)c1.O=C(O)C(F)(F)F. The lowest BCUT2D eigenvalue weighted by molar-refractivity contribution is -0.274. The third-order valence-corrected chi connectivity index (χ3v) is 2.87. The molecule has 1 aliphatic rings. The minimum absolute atomic E-state index is 0.142. The van der Waals surface area contributed by atoms with Crippen molar-refractivity contribution in [1.29, 1.82) is 0 Å². The van der Waals surface area contributed by atoms with Gasteiger partial charge in [0.2, 0.25) is 0 Å². The number of carboxylic acid groups (broad SMARTS) is 1. The van der Waals surface area contributed by atoms with Gasteiger partial charge in [-0.15, -0.1) is 13.2 Å². The Kier molecular flexibility index (Phi) is 6.25. The molecule has 0 bridgehead atoms. The van der Waals surface area contributed by atoms with Crippen LogP contribution in [0.25, 0.3) is 0 Å². The maximum Gasteiger partial charge on any atom is 0.573 e. The van der Waals surface area contributed by atoms with Gasteiger partial charge < -0.3 is 15.2 Å². The molecular formula is C13H13F6NO3. The maximum absolute atomic E-state index is 12.0. The van der Waals surface area contributed by atoms with E-state index in [1.54, 1.807) is 6.07 Å². The fraction of sp³-hybridized carbons (Fsp3) is 0.462. The van der Waals surface area contributed by atoms with Crippen LogP contribution in [0.5, 0.6) is 5.75 Å². The van der Waals surface area contributed by atoms with Crippen molar-refractivity contribution in [2.24, 2.45) is 0 Å². The highest BCUT2D eigenvalue weighted by molar-refractivity contribution is 5.73. The van der Waals surface area contributed by atoms with Gasteiger partial charge >= 0.3 is 18.5 Å². The van der Waals surface area contributed by atoms with Crippen LogP contribution in [-0.2, 0) is 4.79 Å². The second kappa shape index (κ2) is 7.53. The summed E-state index contributed by atoms with van der Waals surface area (Å²) in [5.41, 5.74) is 0.895.